The Morgan fingerprint density at radius 3 is 2.34 bits per heavy atom. The molecule has 0 radical (unpaired) electrons. The fourth-order valence-corrected chi connectivity index (χ4v) is 3.99. The van der Waals surface area contributed by atoms with Crippen LogP contribution in [0.5, 0.6) is 6.01 Å². The van der Waals surface area contributed by atoms with Gasteiger partial charge in [0, 0.05) is 37.6 Å². The van der Waals surface area contributed by atoms with Gasteiger partial charge in [0.1, 0.15) is 0 Å². The monoisotopic (exact) mass is 465 g/mol. The third-order valence-electron chi connectivity index (χ3n) is 5.41. The van der Waals surface area contributed by atoms with E-state index in [1.54, 1.807) is 38.1 Å². The summed E-state index contributed by atoms with van der Waals surface area (Å²) in [4.78, 5) is 14.4. The molecule has 1 fully saturated rings. The van der Waals surface area contributed by atoms with E-state index in [1.807, 2.05) is 6.92 Å². The van der Waals surface area contributed by atoms with Gasteiger partial charge in [-0.25, -0.2) is 8.42 Å². The van der Waals surface area contributed by atoms with Gasteiger partial charge in [-0.1, -0.05) is 6.92 Å². The minimum absolute atomic E-state index is 0.173. The van der Waals surface area contributed by atoms with Crippen LogP contribution in [0.4, 0.5) is 23.3 Å². The Morgan fingerprint density at radius 2 is 1.69 bits per heavy atom. The average Bonchev–Trinajstić information content (AvgIpc) is 2.75. The largest absolute Gasteiger partial charge is 0.479 e. The SMILES string of the molecule is CCC(C)(C)S(=O)(=O)Nc1ccc(Nc2nc(O)nc(NCCN3CCOCC3)n2)cc1. The third kappa shape index (κ3) is 6.40. The normalized spacial score (nSPS) is 15.3. The quantitative estimate of drug-likeness (QED) is 0.411. The molecule has 0 bridgehead atoms. The summed E-state index contributed by atoms with van der Waals surface area (Å²) in [6.07, 6.45) is 0.494. The van der Waals surface area contributed by atoms with E-state index < -0.39 is 20.8 Å². The first-order valence-electron chi connectivity index (χ1n) is 10.6. The van der Waals surface area contributed by atoms with Crippen LogP contribution in [0.25, 0.3) is 0 Å². The van der Waals surface area contributed by atoms with Gasteiger partial charge in [0.25, 0.3) is 0 Å². The first-order valence-corrected chi connectivity index (χ1v) is 12.1. The highest BCUT2D eigenvalue weighted by molar-refractivity contribution is 7.94. The van der Waals surface area contributed by atoms with E-state index in [2.05, 4.69) is 35.2 Å². The van der Waals surface area contributed by atoms with Crippen LogP contribution in [-0.2, 0) is 14.8 Å². The Kier molecular flexibility index (Phi) is 7.69. The molecule has 0 saturated carbocycles. The van der Waals surface area contributed by atoms with Gasteiger partial charge in [-0.05, 0) is 44.5 Å². The van der Waals surface area contributed by atoms with Gasteiger partial charge in [-0.15, -0.1) is 0 Å². The lowest BCUT2D eigenvalue weighted by molar-refractivity contribution is 0.0398. The molecule has 3 rings (SSSR count). The maximum Gasteiger partial charge on any atom is 0.320 e. The van der Waals surface area contributed by atoms with Crippen LogP contribution in [0.2, 0.25) is 0 Å². The molecule has 32 heavy (non-hydrogen) atoms. The number of sulfonamides is 1. The third-order valence-corrected chi connectivity index (χ3v) is 7.66. The number of aromatic nitrogens is 3. The van der Waals surface area contributed by atoms with Crippen molar-refractivity contribution in [1.82, 2.24) is 19.9 Å². The van der Waals surface area contributed by atoms with Crippen LogP contribution >= 0.6 is 0 Å². The molecule has 2 heterocycles. The van der Waals surface area contributed by atoms with E-state index in [-0.39, 0.29) is 11.9 Å². The average molecular weight is 466 g/mol. The lowest BCUT2D eigenvalue weighted by Crippen LogP contribution is -2.39. The number of ether oxygens (including phenoxy) is 1. The molecule has 0 aliphatic carbocycles. The standard InChI is InChI=1S/C20H31N7O4S/c1-4-20(2,3)32(29,30)26-16-7-5-15(6-8-16)22-18-23-17(24-19(28)25-18)21-9-10-27-11-13-31-14-12-27/h5-8,26H,4,9-14H2,1-3H3,(H3,21,22,23,24,25,28). The van der Waals surface area contributed by atoms with Crippen LogP contribution in [0, 0.1) is 0 Å². The van der Waals surface area contributed by atoms with Crippen LogP contribution in [0.15, 0.2) is 24.3 Å². The molecule has 1 aromatic heterocycles. The molecule has 4 N–H and O–H groups in total. The van der Waals surface area contributed by atoms with Crippen LogP contribution in [0.3, 0.4) is 0 Å². The van der Waals surface area contributed by atoms with E-state index >= 15 is 0 Å². The first kappa shape index (κ1) is 24.0. The predicted octanol–water partition coefficient (Wildman–Crippen LogP) is 2.00. The van der Waals surface area contributed by atoms with E-state index in [0.717, 1.165) is 32.8 Å². The zero-order valence-electron chi connectivity index (χ0n) is 18.6. The lowest BCUT2D eigenvalue weighted by Gasteiger charge is -2.26. The predicted molar refractivity (Wildman–Crippen MR) is 124 cm³/mol. The van der Waals surface area contributed by atoms with Gasteiger partial charge in [0.15, 0.2) is 0 Å². The molecule has 11 nitrogen and oxygen atoms in total. The molecular formula is C20H31N7O4S. The molecular weight excluding hydrogens is 434 g/mol. The fourth-order valence-electron chi connectivity index (χ4n) is 2.88. The van der Waals surface area contributed by atoms with Crippen molar-refractivity contribution in [3.63, 3.8) is 0 Å². The van der Waals surface area contributed by atoms with Gasteiger partial charge < -0.3 is 20.5 Å². The molecule has 0 amide bonds. The summed E-state index contributed by atoms with van der Waals surface area (Å²) in [6, 6.07) is 6.29. The highest BCUT2D eigenvalue weighted by atomic mass is 32.2. The summed E-state index contributed by atoms with van der Waals surface area (Å²) < 4.78 is 32.1. The lowest BCUT2D eigenvalue weighted by atomic mass is 10.1. The molecule has 1 saturated heterocycles. The molecule has 1 aliphatic heterocycles. The van der Waals surface area contributed by atoms with Crippen molar-refractivity contribution in [2.24, 2.45) is 0 Å². The molecule has 1 aliphatic rings. The number of nitrogens with one attached hydrogen (secondary N) is 3. The van der Waals surface area contributed by atoms with Gasteiger partial charge in [0.2, 0.25) is 21.9 Å². The summed E-state index contributed by atoms with van der Waals surface area (Å²) in [5, 5.41) is 15.9. The molecule has 176 valence electrons. The molecule has 0 atom stereocenters. The highest BCUT2D eigenvalue weighted by Gasteiger charge is 2.32. The van der Waals surface area contributed by atoms with Gasteiger partial charge in [-0.2, -0.15) is 15.0 Å². The Bertz CT molecular complexity index is 994. The van der Waals surface area contributed by atoms with Crippen LogP contribution in [0.1, 0.15) is 27.2 Å². The minimum Gasteiger partial charge on any atom is -0.479 e. The van der Waals surface area contributed by atoms with E-state index in [4.69, 9.17) is 4.74 Å². The Labute approximate surface area is 188 Å². The van der Waals surface area contributed by atoms with Gasteiger partial charge in [0.05, 0.1) is 18.0 Å². The second kappa shape index (κ2) is 10.3. The van der Waals surface area contributed by atoms with E-state index in [0.29, 0.717) is 24.3 Å². The summed E-state index contributed by atoms with van der Waals surface area (Å²) in [5.74, 6) is 0.436. The van der Waals surface area contributed by atoms with Crippen molar-refractivity contribution in [2.75, 3.05) is 54.7 Å². The van der Waals surface area contributed by atoms with E-state index in [9.17, 15) is 13.5 Å². The van der Waals surface area contributed by atoms with Gasteiger partial charge in [-0.3, -0.25) is 9.62 Å². The molecule has 0 spiro atoms. The van der Waals surface area contributed by atoms with E-state index in [1.165, 1.54) is 0 Å². The first-order chi connectivity index (χ1) is 15.2. The maximum absolute atomic E-state index is 12.5. The zero-order chi connectivity index (χ0) is 23.2. The topological polar surface area (TPSA) is 142 Å². The van der Waals surface area contributed by atoms with Crippen molar-refractivity contribution < 1.29 is 18.3 Å². The molecule has 0 unspecified atom stereocenters. The van der Waals surface area contributed by atoms with Crippen molar-refractivity contribution in [2.45, 2.75) is 31.9 Å². The van der Waals surface area contributed by atoms with Crippen LogP contribution < -0.4 is 15.4 Å². The second-order valence-corrected chi connectivity index (χ2v) is 10.4. The Morgan fingerprint density at radius 1 is 1.06 bits per heavy atom. The smallest absolute Gasteiger partial charge is 0.320 e. The zero-order valence-corrected chi connectivity index (χ0v) is 19.4. The minimum atomic E-state index is -3.52. The van der Waals surface area contributed by atoms with Crippen molar-refractivity contribution in [3.8, 4) is 6.01 Å². The number of benzene rings is 1. The number of rotatable bonds is 10. The molecule has 12 heteroatoms. The number of hydrogen-bond acceptors (Lipinski definition) is 10. The van der Waals surface area contributed by atoms with Crippen molar-refractivity contribution >= 4 is 33.3 Å². The number of nitrogens with zero attached hydrogens (tertiary/aromatic N) is 4. The summed E-state index contributed by atoms with van der Waals surface area (Å²) >= 11 is 0. The fraction of sp³-hybridized carbons (Fsp3) is 0.550. The number of hydrogen-bond donors (Lipinski definition) is 4. The summed E-state index contributed by atoms with van der Waals surface area (Å²) in [7, 11) is -3.52. The van der Waals surface area contributed by atoms with Crippen LogP contribution in [-0.4, -0.2) is 77.5 Å². The Hall–Kier alpha value is -2.70. The Balaban J connectivity index is 1.59. The number of aromatic hydroxyl groups is 1. The summed E-state index contributed by atoms with van der Waals surface area (Å²) in [6.45, 7) is 9.88. The maximum atomic E-state index is 12.5. The second-order valence-electron chi connectivity index (χ2n) is 8.08. The molecule has 2 aromatic rings. The number of anilines is 4. The molecule has 1 aromatic carbocycles. The van der Waals surface area contributed by atoms with Crippen molar-refractivity contribution in [3.05, 3.63) is 24.3 Å². The van der Waals surface area contributed by atoms with Crippen molar-refractivity contribution in [1.29, 1.82) is 0 Å². The van der Waals surface area contributed by atoms with Gasteiger partial charge >= 0.3 is 6.01 Å². The summed E-state index contributed by atoms with van der Waals surface area (Å²) in [5.41, 5.74) is 1.09. The highest BCUT2D eigenvalue weighted by Crippen LogP contribution is 2.24. The number of morpholine rings is 1.